The molecule has 1 atom stereocenters. The van der Waals surface area contributed by atoms with Crippen LogP contribution in [0.25, 0.3) is 11.3 Å². The van der Waals surface area contributed by atoms with Gasteiger partial charge in [-0.2, -0.15) is 0 Å². The third kappa shape index (κ3) is 4.59. The van der Waals surface area contributed by atoms with Crippen molar-refractivity contribution in [3.63, 3.8) is 0 Å². The van der Waals surface area contributed by atoms with Crippen LogP contribution in [0.1, 0.15) is 54.4 Å². The number of halogens is 2. The number of carbonyl (C=O) groups excluding carboxylic acids is 2. The number of nitrogens with zero attached hydrogens (tertiary/aromatic N) is 5. The number of hydrogen-bond donors (Lipinski definition) is 1. The first kappa shape index (κ1) is 27.8. The number of alkyl halides is 2. The second kappa shape index (κ2) is 9.90. The van der Waals surface area contributed by atoms with Gasteiger partial charge in [0.25, 0.3) is 11.8 Å². The number of benzene rings is 1. The Labute approximate surface area is 245 Å². The Bertz CT molecular complexity index is 1690. The van der Waals surface area contributed by atoms with Crippen LogP contribution >= 0.6 is 11.3 Å². The number of hydrogen-bond acceptors (Lipinski definition) is 8. The minimum absolute atomic E-state index is 0.0279. The molecule has 0 bridgehead atoms. The number of amides is 2. The van der Waals surface area contributed by atoms with Gasteiger partial charge in [-0.1, -0.05) is 35.6 Å². The van der Waals surface area contributed by atoms with Gasteiger partial charge in [-0.15, -0.1) is 10.2 Å². The van der Waals surface area contributed by atoms with E-state index in [1.807, 2.05) is 52.0 Å². The number of nitrogens with one attached hydrogen (secondary N) is 1. The third-order valence-electron chi connectivity index (χ3n) is 8.41. The van der Waals surface area contributed by atoms with Crippen LogP contribution in [0.4, 0.5) is 13.9 Å². The minimum Gasteiger partial charge on any atom is -0.420 e. The molecular formula is C30H28F2N6O3S. The maximum atomic E-state index is 13.7. The summed E-state index contributed by atoms with van der Waals surface area (Å²) >= 11 is 1.23. The summed E-state index contributed by atoms with van der Waals surface area (Å²) in [6.07, 6.45) is -0.326. The molecule has 0 saturated carbocycles. The highest BCUT2D eigenvalue weighted by Crippen LogP contribution is 2.56. The lowest BCUT2D eigenvalue weighted by atomic mass is 9.58. The number of fused-ring (bicyclic) bond motifs is 2. The summed E-state index contributed by atoms with van der Waals surface area (Å²) in [6.45, 7) is 7.03. The Morgan fingerprint density at radius 2 is 1.71 bits per heavy atom. The fourth-order valence-electron chi connectivity index (χ4n) is 5.54. The van der Waals surface area contributed by atoms with E-state index in [1.165, 1.54) is 16.2 Å². The quantitative estimate of drug-likeness (QED) is 0.310. The normalized spacial score (nSPS) is 19.0. The van der Waals surface area contributed by atoms with E-state index in [4.69, 9.17) is 9.72 Å². The highest BCUT2D eigenvalue weighted by molar-refractivity contribution is 7.13. The largest absolute Gasteiger partial charge is 0.420 e. The molecular weight excluding hydrogens is 562 g/mol. The maximum Gasteiger partial charge on any atom is 0.267 e. The topological polar surface area (TPSA) is 110 Å². The van der Waals surface area contributed by atoms with Crippen LogP contribution in [0, 0.1) is 12.3 Å². The highest BCUT2D eigenvalue weighted by Gasteiger charge is 2.54. The fourth-order valence-corrected chi connectivity index (χ4v) is 5.98. The van der Waals surface area contributed by atoms with E-state index >= 15 is 0 Å². The molecule has 1 N–H and O–H groups in total. The zero-order valence-corrected chi connectivity index (χ0v) is 24.3. The van der Waals surface area contributed by atoms with Crippen molar-refractivity contribution in [2.24, 2.45) is 5.41 Å². The molecule has 0 radical (unpaired) electrons. The number of ether oxygens (including phenoxy) is 1. The summed E-state index contributed by atoms with van der Waals surface area (Å²) in [5.74, 6) is -2.84. The Morgan fingerprint density at radius 1 is 1.02 bits per heavy atom. The van der Waals surface area contributed by atoms with Crippen molar-refractivity contribution >= 4 is 28.3 Å². The summed E-state index contributed by atoms with van der Waals surface area (Å²) in [5, 5.41) is 11.1. The molecule has 5 heterocycles. The average molecular weight is 591 g/mol. The predicted octanol–water partition coefficient (Wildman–Crippen LogP) is 5.86. The van der Waals surface area contributed by atoms with Crippen molar-refractivity contribution < 1.29 is 23.1 Å². The SMILES string of the molecule is Cc1ccc2c(n1)Oc1nc(-c3ccc(C(=O)N4CCC(F)(F)C4)cc3)ccc1C2(C)C(C)(C)C(=O)Nc1nncs1. The van der Waals surface area contributed by atoms with Crippen molar-refractivity contribution in [1.29, 1.82) is 0 Å². The Balaban J connectivity index is 1.36. The van der Waals surface area contributed by atoms with Crippen LogP contribution in [-0.4, -0.2) is 55.9 Å². The molecule has 3 aromatic heterocycles. The van der Waals surface area contributed by atoms with E-state index in [1.54, 1.807) is 29.8 Å². The molecule has 12 heteroatoms. The van der Waals surface area contributed by atoms with Gasteiger partial charge in [0.05, 0.1) is 17.7 Å². The lowest BCUT2D eigenvalue weighted by Crippen LogP contribution is -2.50. The smallest absolute Gasteiger partial charge is 0.267 e. The van der Waals surface area contributed by atoms with Crippen LogP contribution in [-0.2, 0) is 10.2 Å². The molecule has 0 aliphatic carbocycles. The zero-order chi connectivity index (χ0) is 29.9. The van der Waals surface area contributed by atoms with Gasteiger partial charge in [0.15, 0.2) is 0 Å². The molecule has 1 fully saturated rings. The van der Waals surface area contributed by atoms with E-state index in [0.717, 1.165) is 11.3 Å². The Morgan fingerprint density at radius 3 is 2.36 bits per heavy atom. The fraction of sp³-hybridized carbons (Fsp3) is 0.333. The van der Waals surface area contributed by atoms with Gasteiger partial charge in [-0.3, -0.25) is 9.59 Å². The average Bonchev–Trinajstić information content (AvgIpc) is 3.61. The van der Waals surface area contributed by atoms with Gasteiger partial charge in [0, 0.05) is 46.3 Å². The van der Waals surface area contributed by atoms with Crippen molar-refractivity contribution in [1.82, 2.24) is 25.1 Å². The molecule has 1 saturated heterocycles. The molecule has 9 nitrogen and oxygen atoms in total. The molecule has 2 aliphatic heterocycles. The summed E-state index contributed by atoms with van der Waals surface area (Å²) in [6, 6.07) is 14.2. The Kier molecular flexibility index (Phi) is 6.56. The van der Waals surface area contributed by atoms with Crippen molar-refractivity contribution in [2.45, 2.75) is 45.5 Å². The number of anilines is 1. The summed E-state index contributed by atoms with van der Waals surface area (Å²) in [5.41, 5.74) is 3.47. The number of likely N-dealkylation sites (tertiary alicyclic amines) is 1. The number of rotatable bonds is 5. The third-order valence-corrected chi connectivity index (χ3v) is 9.02. The van der Waals surface area contributed by atoms with E-state index < -0.39 is 29.2 Å². The monoisotopic (exact) mass is 590 g/mol. The molecule has 0 spiro atoms. The summed E-state index contributed by atoms with van der Waals surface area (Å²) < 4.78 is 33.5. The second-order valence-corrected chi connectivity index (χ2v) is 12.1. The summed E-state index contributed by atoms with van der Waals surface area (Å²) in [7, 11) is 0. The van der Waals surface area contributed by atoms with E-state index in [2.05, 4.69) is 20.5 Å². The lowest BCUT2D eigenvalue weighted by molar-refractivity contribution is -0.126. The standard InChI is InChI=1S/C30H28F2N6O3S/c1-17-5-10-20-23(34-17)41-24-21(29(20,4)28(2,3)26(40)36-27-37-33-16-42-27)11-12-22(35-24)18-6-8-19(9-7-18)25(39)38-14-13-30(31,32)15-38/h5-12,16H,13-15H2,1-4H3,(H,36,37,40). The first-order valence-electron chi connectivity index (χ1n) is 13.4. The minimum atomic E-state index is -2.85. The van der Waals surface area contributed by atoms with E-state index in [0.29, 0.717) is 39.3 Å². The second-order valence-electron chi connectivity index (χ2n) is 11.3. The van der Waals surface area contributed by atoms with Gasteiger partial charge in [-0.25, -0.2) is 18.7 Å². The van der Waals surface area contributed by atoms with Crippen molar-refractivity contribution in [3.8, 4) is 23.0 Å². The number of aryl methyl sites for hydroxylation is 1. The van der Waals surface area contributed by atoms with Crippen molar-refractivity contribution in [2.75, 3.05) is 18.4 Å². The first-order valence-corrected chi connectivity index (χ1v) is 14.3. The molecule has 42 heavy (non-hydrogen) atoms. The number of pyridine rings is 2. The first-order chi connectivity index (χ1) is 19.9. The van der Waals surface area contributed by atoms with Crippen molar-refractivity contribution in [3.05, 3.63) is 76.4 Å². The van der Waals surface area contributed by atoms with Gasteiger partial charge < -0.3 is 15.0 Å². The zero-order valence-electron chi connectivity index (χ0n) is 23.4. The molecule has 4 aromatic rings. The summed E-state index contributed by atoms with van der Waals surface area (Å²) in [4.78, 5) is 37.1. The van der Waals surface area contributed by atoms with Crippen LogP contribution < -0.4 is 10.1 Å². The van der Waals surface area contributed by atoms with Crippen LogP contribution in [0.5, 0.6) is 11.8 Å². The van der Waals surface area contributed by atoms with Crippen LogP contribution in [0.3, 0.4) is 0 Å². The number of aromatic nitrogens is 4. The van der Waals surface area contributed by atoms with Gasteiger partial charge in [0.2, 0.25) is 22.8 Å². The van der Waals surface area contributed by atoms with E-state index in [-0.39, 0.29) is 18.9 Å². The maximum absolute atomic E-state index is 13.7. The molecule has 1 aromatic carbocycles. The Hall–Kier alpha value is -4.32. The van der Waals surface area contributed by atoms with Gasteiger partial charge >= 0.3 is 0 Å². The molecule has 1 unspecified atom stereocenters. The molecule has 2 amide bonds. The van der Waals surface area contributed by atoms with Crippen LogP contribution in [0.2, 0.25) is 0 Å². The molecule has 6 rings (SSSR count). The van der Waals surface area contributed by atoms with Crippen LogP contribution in [0.15, 0.2) is 54.0 Å². The van der Waals surface area contributed by atoms with E-state index in [9.17, 15) is 18.4 Å². The molecule has 216 valence electrons. The van der Waals surface area contributed by atoms with Gasteiger partial charge in [0.1, 0.15) is 5.51 Å². The number of carbonyl (C=O) groups is 2. The van der Waals surface area contributed by atoms with Gasteiger partial charge in [-0.05, 0) is 52.0 Å². The predicted molar refractivity (Wildman–Crippen MR) is 153 cm³/mol. The lowest BCUT2D eigenvalue weighted by Gasteiger charge is -2.46. The highest BCUT2D eigenvalue weighted by atomic mass is 32.1. The molecule has 2 aliphatic rings.